The molecule has 0 saturated carbocycles. The van der Waals surface area contributed by atoms with Crippen molar-refractivity contribution >= 4 is 79.3 Å². The van der Waals surface area contributed by atoms with Crippen molar-refractivity contribution in [2.24, 2.45) is 4.99 Å². The number of likely N-dealkylation sites (N-methyl/N-ethyl adjacent to an activating group) is 1. The number of fused-ring (bicyclic) bond motifs is 2. The van der Waals surface area contributed by atoms with Gasteiger partial charge in [-0.25, -0.2) is 4.99 Å². The van der Waals surface area contributed by atoms with Crippen LogP contribution in [0, 0.1) is 7.14 Å². The highest BCUT2D eigenvalue weighted by Gasteiger charge is 2.36. The van der Waals surface area contributed by atoms with Gasteiger partial charge in [-0.1, -0.05) is 41.7 Å². The van der Waals surface area contributed by atoms with Gasteiger partial charge in [-0.05, 0) is 113 Å². The second-order valence-electron chi connectivity index (χ2n) is 9.71. The first-order chi connectivity index (χ1) is 20.2. The lowest BCUT2D eigenvalue weighted by atomic mass is 9.90. The van der Waals surface area contributed by atoms with Gasteiger partial charge >= 0.3 is 0 Å². The molecule has 218 valence electrons. The zero-order valence-electron chi connectivity index (χ0n) is 24.0. The molecule has 0 fully saturated rings. The fraction of sp³-hybridized carbons (Fsp3) is 0.281. The highest BCUT2D eigenvalue weighted by molar-refractivity contribution is 14.1. The van der Waals surface area contributed by atoms with E-state index < -0.39 is 6.04 Å². The molecule has 5 rings (SSSR count). The number of aromatic nitrogens is 1. The number of methoxy groups -OCH3 is 1. The van der Waals surface area contributed by atoms with Crippen LogP contribution in [-0.4, -0.2) is 42.2 Å². The monoisotopic (exact) mass is 807 g/mol. The molecule has 10 heteroatoms. The van der Waals surface area contributed by atoms with E-state index in [1.54, 1.807) is 16.6 Å². The van der Waals surface area contributed by atoms with Gasteiger partial charge in [0.05, 0.1) is 36.7 Å². The number of hydrogen-bond acceptors (Lipinski definition) is 6. The van der Waals surface area contributed by atoms with Crippen molar-refractivity contribution in [3.8, 4) is 11.5 Å². The van der Waals surface area contributed by atoms with Crippen LogP contribution in [0.25, 0.3) is 16.8 Å². The largest absolute Gasteiger partial charge is 0.496 e. The normalized spacial score (nSPS) is 15.0. The number of rotatable bonds is 8. The molecule has 1 amide bonds. The Balaban J connectivity index is 1.81. The zero-order chi connectivity index (χ0) is 30.1. The Morgan fingerprint density at radius 1 is 1.10 bits per heavy atom. The summed E-state index contributed by atoms with van der Waals surface area (Å²) >= 11 is 5.86. The molecule has 0 spiro atoms. The third kappa shape index (κ3) is 5.52. The van der Waals surface area contributed by atoms with Crippen LogP contribution < -0.4 is 24.4 Å². The van der Waals surface area contributed by atoms with Gasteiger partial charge in [0, 0.05) is 18.7 Å². The number of halogens is 2. The Hall–Kier alpha value is -2.71. The predicted octanol–water partition coefficient (Wildman–Crippen LogP) is 5.87. The zero-order valence-corrected chi connectivity index (χ0v) is 29.2. The van der Waals surface area contributed by atoms with Crippen LogP contribution in [0.5, 0.6) is 11.5 Å². The van der Waals surface area contributed by atoms with Crippen molar-refractivity contribution in [1.82, 2.24) is 9.47 Å². The number of amides is 1. The molecule has 7 nitrogen and oxygen atoms in total. The first-order valence-corrected chi connectivity index (χ1v) is 16.7. The maximum absolute atomic E-state index is 14.3. The smallest absolute Gasteiger partial charge is 0.271 e. The molecule has 0 aliphatic carbocycles. The lowest BCUT2D eigenvalue weighted by molar-refractivity contribution is -0.127. The Labute approximate surface area is 275 Å². The highest BCUT2D eigenvalue weighted by atomic mass is 127. The van der Waals surface area contributed by atoms with Crippen molar-refractivity contribution in [2.75, 3.05) is 26.8 Å². The number of hydrogen-bond donors (Lipinski definition) is 0. The quantitative estimate of drug-likeness (QED) is 0.209. The Morgan fingerprint density at radius 3 is 2.43 bits per heavy atom. The summed E-state index contributed by atoms with van der Waals surface area (Å²) in [7, 11) is 1.62. The SMILES string of the molecule is CCOc1c(I)cc(/C=c2/sc3n(c2=O)[C@H](c2c(OC)ccc4ccccc24)C(C(=O)N(CC)CC)=C(C)N=3)cc1I. The Bertz CT molecular complexity index is 1880. The molecule has 1 aromatic heterocycles. The van der Waals surface area contributed by atoms with Crippen LogP contribution in [0.3, 0.4) is 0 Å². The molecule has 0 radical (unpaired) electrons. The van der Waals surface area contributed by atoms with Crippen molar-refractivity contribution in [3.05, 3.63) is 97.8 Å². The number of nitrogens with zero attached hydrogens (tertiary/aromatic N) is 3. The first kappa shape index (κ1) is 30.7. The molecular weight excluding hydrogens is 776 g/mol. The summed E-state index contributed by atoms with van der Waals surface area (Å²) < 4.78 is 15.9. The average Bonchev–Trinajstić information content (AvgIpc) is 3.28. The molecule has 0 N–H and O–H groups in total. The molecule has 42 heavy (non-hydrogen) atoms. The van der Waals surface area contributed by atoms with E-state index in [2.05, 4.69) is 45.2 Å². The number of carbonyl (C=O) groups excluding carboxylic acids is 1. The maximum Gasteiger partial charge on any atom is 0.271 e. The second-order valence-corrected chi connectivity index (χ2v) is 13.0. The van der Waals surface area contributed by atoms with E-state index in [0.29, 0.717) is 46.0 Å². The fourth-order valence-corrected chi connectivity index (χ4v) is 8.56. The standard InChI is InChI=1S/C32H31I2N3O4S/c1-6-36(7-2)31(39)26-18(4)35-32-37(28(26)27-21-12-10-9-11-20(21)13-14-24(27)40-5)30(38)25(42-32)17-19-15-22(33)29(41-8-3)23(34)16-19/h9-17,28H,6-8H2,1-5H3/b25-17+/t28-/m0/s1. The number of thiazole rings is 1. The Kier molecular flexibility index (Phi) is 9.43. The molecule has 1 aliphatic rings. The van der Waals surface area contributed by atoms with Crippen LogP contribution in [0.1, 0.15) is 44.9 Å². The van der Waals surface area contributed by atoms with E-state index >= 15 is 0 Å². The number of allylic oxidation sites excluding steroid dienone is 1. The van der Waals surface area contributed by atoms with Crippen LogP contribution in [0.2, 0.25) is 0 Å². The molecule has 1 atom stereocenters. The van der Waals surface area contributed by atoms with Gasteiger partial charge in [0.1, 0.15) is 17.5 Å². The van der Waals surface area contributed by atoms with Gasteiger partial charge in [0.25, 0.3) is 11.5 Å². The van der Waals surface area contributed by atoms with E-state index in [4.69, 9.17) is 14.5 Å². The van der Waals surface area contributed by atoms with Crippen molar-refractivity contribution in [3.63, 3.8) is 0 Å². The number of ether oxygens (including phenoxy) is 2. The van der Waals surface area contributed by atoms with Crippen LogP contribution in [0.4, 0.5) is 0 Å². The van der Waals surface area contributed by atoms with E-state index in [1.807, 2.05) is 82.3 Å². The van der Waals surface area contributed by atoms with Crippen LogP contribution in [-0.2, 0) is 4.79 Å². The van der Waals surface area contributed by atoms with E-state index in [9.17, 15) is 9.59 Å². The summed E-state index contributed by atoms with van der Waals surface area (Å²) in [6.07, 6.45) is 1.90. The van der Waals surface area contributed by atoms with Gasteiger partial charge in [-0.15, -0.1) is 0 Å². The van der Waals surface area contributed by atoms with Gasteiger partial charge in [-0.3, -0.25) is 14.2 Å². The minimum absolute atomic E-state index is 0.133. The third-order valence-electron chi connectivity index (χ3n) is 7.33. The fourth-order valence-electron chi connectivity index (χ4n) is 5.38. The van der Waals surface area contributed by atoms with E-state index in [-0.39, 0.29) is 11.5 Å². The van der Waals surface area contributed by atoms with E-state index in [0.717, 1.165) is 34.8 Å². The first-order valence-electron chi connectivity index (χ1n) is 13.7. The summed E-state index contributed by atoms with van der Waals surface area (Å²) in [5.74, 6) is 1.32. The van der Waals surface area contributed by atoms with Crippen molar-refractivity contribution < 1.29 is 14.3 Å². The topological polar surface area (TPSA) is 73.1 Å². The summed E-state index contributed by atoms with van der Waals surface area (Å²) in [6.45, 7) is 9.41. The predicted molar refractivity (Wildman–Crippen MR) is 185 cm³/mol. The molecule has 4 aromatic rings. The van der Waals surface area contributed by atoms with Gasteiger partial charge < -0.3 is 14.4 Å². The highest BCUT2D eigenvalue weighted by Crippen LogP contribution is 2.40. The second kappa shape index (κ2) is 12.9. The molecule has 0 saturated heterocycles. The number of carbonyl (C=O) groups is 1. The third-order valence-corrected chi connectivity index (χ3v) is 9.92. The summed E-state index contributed by atoms with van der Waals surface area (Å²) in [5, 5.41) is 1.92. The molecule has 1 aliphatic heterocycles. The Morgan fingerprint density at radius 2 is 1.79 bits per heavy atom. The minimum atomic E-state index is -0.710. The van der Waals surface area contributed by atoms with Crippen LogP contribution in [0.15, 0.2) is 69.6 Å². The van der Waals surface area contributed by atoms with Gasteiger partial charge in [0.2, 0.25) is 0 Å². The molecular formula is C32H31I2N3O4S. The summed E-state index contributed by atoms with van der Waals surface area (Å²) in [4.78, 5) is 35.6. The molecule has 0 unspecified atom stereocenters. The van der Waals surface area contributed by atoms with Crippen molar-refractivity contribution in [1.29, 1.82) is 0 Å². The average molecular weight is 807 g/mol. The van der Waals surface area contributed by atoms with E-state index in [1.165, 1.54) is 11.3 Å². The van der Waals surface area contributed by atoms with Crippen LogP contribution >= 0.6 is 56.5 Å². The minimum Gasteiger partial charge on any atom is -0.496 e. The maximum atomic E-state index is 14.3. The summed E-state index contributed by atoms with van der Waals surface area (Å²) in [5.41, 5.74) is 2.56. The molecule has 2 heterocycles. The summed E-state index contributed by atoms with van der Waals surface area (Å²) in [6, 6.07) is 15.2. The van der Waals surface area contributed by atoms with Gasteiger partial charge in [0.15, 0.2) is 4.80 Å². The number of benzene rings is 3. The lowest BCUT2D eigenvalue weighted by Gasteiger charge is -2.30. The molecule has 3 aromatic carbocycles. The lowest BCUT2D eigenvalue weighted by Crippen LogP contribution is -2.43. The molecule has 0 bridgehead atoms. The van der Waals surface area contributed by atoms with Gasteiger partial charge in [-0.2, -0.15) is 0 Å². The van der Waals surface area contributed by atoms with Crippen molar-refractivity contribution in [2.45, 2.75) is 33.7 Å².